The van der Waals surface area contributed by atoms with E-state index in [2.05, 4.69) is 9.97 Å². The minimum Gasteiger partial charge on any atom is -0.462 e. The number of esters is 1. The van der Waals surface area contributed by atoms with E-state index in [9.17, 15) is 4.79 Å². The Morgan fingerprint density at radius 2 is 2.05 bits per heavy atom. The van der Waals surface area contributed by atoms with Gasteiger partial charge in [-0.1, -0.05) is 29.8 Å². The summed E-state index contributed by atoms with van der Waals surface area (Å²) in [5, 5.41) is 0.645. The van der Waals surface area contributed by atoms with E-state index in [1.165, 1.54) is 0 Å². The van der Waals surface area contributed by atoms with E-state index < -0.39 is 5.97 Å². The number of nitrogens with zero attached hydrogens (tertiary/aromatic N) is 2. The second kappa shape index (κ2) is 6.54. The van der Waals surface area contributed by atoms with Crippen molar-refractivity contribution >= 4 is 23.4 Å². The van der Waals surface area contributed by atoms with Crippen LogP contribution in [0, 0.1) is 6.92 Å². The summed E-state index contributed by atoms with van der Waals surface area (Å²) >= 11 is 6.12. The molecule has 2 N–H and O–H groups in total. The minimum atomic E-state index is -0.503. The van der Waals surface area contributed by atoms with Crippen LogP contribution in [0.15, 0.2) is 24.3 Å². The van der Waals surface area contributed by atoms with E-state index in [1.54, 1.807) is 19.9 Å². The number of nitrogen functional groups attached to an aromatic ring is 1. The van der Waals surface area contributed by atoms with Gasteiger partial charge in [-0.15, -0.1) is 0 Å². The van der Waals surface area contributed by atoms with E-state index in [-0.39, 0.29) is 18.0 Å². The molecule has 5 nitrogen and oxygen atoms in total. The molecule has 0 saturated carbocycles. The van der Waals surface area contributed by atoms with Gasteiger partial charge in [0.1, 0.15) is 17.2 Å². The summed E-state index contributed by atoms with van der Waals surface area (Å²) < 4.78 is 4.95. The Hall–Kier alpha value is -2.14. The molecule has 0 radical (unpaired) electrons. The fraction of sp³-hybridized carbons (Fsp3) is 0.267. The first kappa shape index (κ1) is 15.3. The Morgan fingerprint density at radius 3 is 2.67 bits per heavy atom. The molecular weight excluding hydrogens is 290 g/mol. The van der Waals surface area contributed by atoms with Gasteiger partial charge in [-0.3, -0.25) is 0 Å². The van der Waals surface area contributed by atoms with Crippen molar-refractivity contribution in [1.29, 1.82) is 0 Å². The first-order valence-electron chi connectivity index (χ1n) is 6.56. The monoisotopic (exact) mass is 305 g/mol. The summed E-state index contributed by atoms with van der Waals surface area (Å²) in [6.45, 7) is 3.72. The maximum atomic E-state index is 11.8. The van der Waals surface area contributed by atoms with Crippen LogP contribution in [0.2, 0.25) is 5.02 Å². The molecule has 0 spiro atoms. The largest absolute Gasteiger partial charge is 0.462 e. The molecule has 0 bridgehead atoms. The van der Waals surface area contributed by atoms with Crippen molar-refractivity contribution < 1.29 is 9.53 Å². The van der Waals surface area contributed by atoms with Crippen LogP contribution in [-0.4, -0.2) is 22.5 Å². The molecule has 1 aromatic carbocycles. The van der Waals surface area contributed by atoms with Crippen LogP contribution in [-0.2, 0) is 11.2 Å². The van der Waals surface area contributed by atoms with Gasteiger partial charge in [-0.05, 0) is 25.5 Å². The molecule has 2 rings (SSSR count). The second-order valence-electron chi connectivity index (χ2n) is 4.47. The number of aryl methyl sites for hydroxylation is 1. The normalized spacial score (nSPS) is 10.4. The van der Waals surface area contributed by atoms with Gasteiger partial charge in [0.2, 0.25) is 0 Å². The zero-order chi connectivity index (χ0) is 15.4. The molecule has 0 unspecified atom stereocenters. The SMILES string of the molecule is CCOC(=O)c1c(C)nc(Cc2ccccc2Cl)nc1N. The molecule has 1 aromatic heterocycles. The molecule has 0 fully saturated rings. The molecule has 0 amide bonds. The fourth-order valence-corrected chi connectivity index (χ4v) is 2.20. The van der Waals surface area contributed by atoms with E-state index >= 15 is 0 Å². The Balaban J connectivity index is 2.32. The summed E-state index contributed by atoms with van der Waals surface area (Å²) in [4.78, 5) is 20.3. The molecule has 2 aromatic rings. The zero-order valence-corrected chi connectivity index (χ0v) is 12.6. The summed E-state index contributed by atoms with van der Waals surface area (Å²) in [7, 11) is 0. The van der Waals surface area contributed by atoms with Gasteiger partial charge in [-0.25, -0.2) is 14.8 Å². The average Bonchev–Trinajstić information content (AvgIpc) is 2.41. The molecule has 0 atom stereocenters. The van der Waals surface area contributed by atoms with Gasteiger partial charge < -0.3 is 10.5 Å². The second-order valence-corrected chi connectivity index (χ2v) is 4.88. The Bertz CT molecular complexity index is 651. The maximum Gasteiger partial charge on any atom is 0.343 e. The van der Waals surface area contributed by atoms with Gasteiger partial charge in [0.15, 0.2) is 0 Å². The van der Waals surface area contributed by atoms with Gasteiger partial charge in [0, 0.05) is 11.4 Å². The van der Waals surface area contributed by atoms with Crippen molar-refractivity contribution in [3.8, 4) is 0 Å². The highest BCUT2D eigenvalue weighted by molar-refractivity contribution is 6.31. The number of hydrogen-bond acceptors (Lipinski definition) is 5. The number of anilines is 1. The van der Waals surface area contributed by atoms with Crippen LogP contribution in [0.3, 0.4) is 0 Å². The summed E-state index contributed by atoms with van der Waals surface area (Å²) in [5.74, 6) is 0.144. The Kier molecular flexibility index (Phi) is 4.75. The number of rotatable bonds is 4. The van der Waals surface area contributed by atoms with Gasteiger partial charge >= 0.3 is 5.97 Å². The lowest BCUT2D eigenvalue weighted by Crippen LogP contribution is -2.14. The molecule has 21 heavy (non-hydrogen) atoms. The predicted molar refractivity (Wildman–Crippen MR) is 81.4 cm³/mol. The highest BCUT2D eigenvalue weighted by atomic mass is 35.5. The number of nitrogens with two attached hydrogens (primary N) is 1. The molecule has 110 valence electrons. The third kappa shape index (κ3) is 3.49. The van der Waals surface area contributed by atoms with Crippen LogP contribution in [0.1, 0.15) is 34.4 Å². The number of ether oxygens (including phenoxy) is 1. The molecule has 1 heterocycles. The first-order valence-corrected chi connectivity index (χ1v) is 6.94. The van der Waals surface area contributed by atoms with Crippen LogP contribution in [0.5, 0.6) is 0 Å². The first-order chi connectivity index (χ1) is 10.0. The van der Waals surface area contributed by atoms with E-state index in [4.69, 9.17) is 22.1 Å². The van der Waals surface area contributed by atoms with Crippen molar-refractivity contribution in [2.24, 2.45) is 0 Å². The van der Waals surface area contributed by atoms with Crippen molar-refractivity contribution in [3.05, 3.63) is 51.9 Å². The molecule has 0 aliphatic heterocycles. The van der Waals surface area contributed by atoms with Crippen LogP contribution >= 0.6 is 11.6 Å². The average molecular weight is 306 g/mol. The quantitative estimate of drug-likeness (QED) is 0.879. The van der Waals surface area contributed by atoms with Crippen molar-refractivity contribution in [2.75, 3.05) is 12.3 Å². The lowest BCUT2D eigenvalue weighted by Gasteiger charge is -2.10. The van der Waals surface area contributed by atoms with Gasteiger partial charge in [0.25, 0.3) is 0 Å². The standard InChI is InChI=1S/C15H16ClN3O2/c1-3-21-15(20)13-9(2)18-12(19-14(13)17)8-10-6-4-5-7-11(10)16/h4-7H,3,8H2,1-2H3,(H2,17,18,19). The topological polar surface area (TPSA) is 78.1 Å². The number of benzene rings is 1. The zero-order valence-electron chi connectivity index (χ0n) is 11.9. The summed E-state index contributed by atoms with van der Waals surface area (Å²) in [6.07, 6.45) is 0.452. The van der Waals surface area contributed by atoms with Crippen LogP contribution < -0.4 is 5.73 Å². The van der Waals surface area contributed by atoms with Crippen LogP contribution in [0.4, 0.5) is 5.82 Å². The van der Waals surface area contributed by atoms with E-state index in [0.717, 1.165) is 5.56 Å². The Labute approximate surface area is 128 Å². The predicted octanol–water partition coefficient (Wildman–Crippen LogP) is 2.79. The number of hydrogen-bond donors (Lipinski definition) is 1. The van der Waals surface area contributed by atoms with Gasteiger partial charge in [-0.2, -0.15) is 0 Å². The highest BCUT2D eigenvalue weighted by Crippen LogP contribution is 2.20. The van der Waals surface area contributed by atoms with Crippen molar-refractivity contribution in [3.63, 3.8) is 0 Å². The van der Waals surface area contributed by atoms with Gasteiger partial charge in [0.05, 0.1) is 12.3 Å². The van der Waals surface area contributed by atoms with Crippen molar-refractivity contribution in [2.45, 2.75) is 20.3 Å². The Morgan fingerprint density at radius 1 is 1.33 bits per heavy atom. The minimum absolute atomic E-state index is 0.128. The summed E-state index contributed by atoms with van der Waals surface area (Å²) in [5.41, 5.74) is 7.49. The van der Waals surface area contributed by atoms with Crippen LogP contribution in [0.25, 0.3) is 0 Å². The smallest absolute Gasteiger partial charge is 0.343 e. The molecule has 6 heteroatoms. The van der Waals surface area contributed by atoms with Crippen molar-refractivity contribution in [1.82, 2.24) is 9.97 Å². The number of halogens is 1. The molecular formula is C15H16ClN3O2. The number of carbonyl (C=O) groups excluding carboxylic acids is 1. The number of aromatic nitrogens is 2. The molecule has 0 aliphatic rings. The fourth-order valence-electron chi connectivity index (χ4n) is 2.00. The molecule has 0 aliphatic carbocycles. The lowest BCUT2D eigenvalue weighted by atomic mass is 10.1. The van der Waals surface area contributed by atoms with E-state index in [0.29, 0.717) is 23.0 Å². The lowest BCUT2D eigenvalue weighted by molar-refractivity contribution is 0.0526. The maximum absolute atomic E-state index is 11.8. The summed E-state index contributed by atoms with van der Waals surface area (Å²) in [6, 6.07) is 7.46. The third-order valence-electron chi connectivity index (χ3n) is 2.95. The van der Waals surface area contributed by atoms with E-state index in [1.807, 2.05) is 18.2 Å². The molecule has 0 saturated heterocycles. The highest BCUT2D eigenvalue weighted by Gasteiger charge is 2.18. The third-order valence-corrected chi connectivity index (χ3v) is 3.32. The number of carbonyl (C=O) groups is 1.